The minimum Gasteiger partial charge on any atom is -0.389 e. The number of aryl methyl sites for hydroxylation is 2. The van der Waals surface area contributed by atoms with Crippen LogP contribution in [0.4, 0.5) is 0 Å². The van der Waals surface area contributed by atoms with E-state index in [-0.39, 0.29) is 11.4 Å². The van der Waals surface area contributed by atoms with Gasteiger partial charge < -0.3 is 9.84 Å². The van der Waals surface area contributed by atoms with Gasteiger partial charge in [-0.3, -0.25) is 0 Å². The molecule has 0 radical (unpaired) electrons. The van der Waals surface area contributed by atoms with E-state index in [2.05, 4.69) is 4.72 Å². The molecule has 0 aliphatic rings. The summed E-state index contributed by atoms with van der Waals surface area (Å²) in [5, 5.41) is 10.0. The first-order valence-corrected chi connectivity index (χ1v) is 7.94. The number of rotatable bonds is 7. The van der Waals surface area contributed by atoms with Crippen LogP contribution < -0.4 is 4.72 Å². The number of sulfonamides is 1. The molecule has 0 amide bonds. The summed E-state index contributed by atoms with van der Waals surface area (Å²) in [6.45, 7) is 5.69. The van der Waals surface area contributed by atoms with Crippen molar-refractivity contribution in [1.82, 2.24) is 4.72 Å². The van der Waals surface area contributed by atoms with E-state index >= 15 is 0 Å². The molecule has 0 fully saturated rings. The van der Waals surface area contributed by atoms with Crippen LogP contribution in [0.15, 0.2) is 23.1 Å². The highest BCUT2D eigenvalue weighted by Crippen LogP contribution is 2.16. The summed E-state index contributed by atoms with van der Waals surface area (Å²) in [5.41, 5.74) is 0.818. The van der Waals surface area contributed by atoms with Gasteiger partial charge in [-0.25, -0.2) is 13.1 Å². The largest absolute Gasteiger partial charge is 0.389 e. The number of hydrogen-bond acceptors (Lipinski definition) is 4. The van der Waals surface area contributed by atoms with E-state index < -0.39 is 15.6 Å². The standard InChI is InChI=1S/C14H23NO4S/c1-11-5-6-13(9-12(11)2)20(17,18)15-10-14(3,16)7-8-19-4/h5-6,9,15-16H,7-8,10H2,1-4H3. The number of aliphatic hydroxyl groups is 1. The van der Waals surface area contributed by atoms with Gasteiger partial charge in [0, 0.05) is 26.7 Å². The summed E-state index contributed by atoms with van der Waals surface area (Å²) in [6.07, 6.45) is 0.360. The summed E-state index contributed by atoms with van der Waals surface area (Å²) < 4.78 is 31.6. The maximum Gasteiger partial charge on any atom is 0.240 e. The molecule has 1 aromatic rings. The minimum atomic E-state index is -3.61. The number of methoxy groups -OCH3 is 1. The van der Waals surface area contributed by atoms with E-state index in [1.165, 1.54) is 7.11 Å². The number of hydrogen-bond donors (Lipinski definition) is 2. The van der Waals surface area contributed by atoms with Gasteiger partial charge >= 0.3 is 0 Å². The predicted octanol–water partition coefficient (Wildman–Crippen LogP) is 1.37. The molecule has 1 rings (SSSR count). The van der Waals surface area contributed by atoms with Crippen LogP contribution in [0.5, 0.6) is 0 Å². The highest BCUT2D eigenvalue weighted by molar-refractivity contribution is 7.89. The molecule has 5 nitrogen and oxygen atoms in total. The molecule has 2 N–H and O–H groups in total. The lowest BCUT2D eigenvalue weighted by Gasteiger charge is -2.23. The molecule has 0 heterocycles. The lowest BCUT2D eigenvalue weighted by molar-refractivity contribution is 0.0292. The third-order valence-corrected chi connectivity index (χ3v) is 4.68. The monoisotopic (exact) mass is 301 g/mol. The van der Waals surface area contributed by atoms with Crippen LogP contribution in [-0.4, -0.2) is 39.4 Å². The molecule has 0 saturated carbocycles. The van der Waals surface area contributed by atoms with Gasteiger partial charge in [-0.15, -0.1) is 0 Å². The van der Waals surface area contributed by atoms with Crippen molar-refractivity contribution >= 4 is 10.0 Å². The van der Waals surface area contributed by atoms with Gasteiger partial charge in [-0.05, 0) is 44.0 Å². The van der Waals surface area contributed by atoms with E-state index in [9.17, 15) is 13.5 Å². The number of nitrogens with one attached hydrogen (secondary N) is 1. The van der Waals surface area contributed by atoms with E-state index in [0.29, 0.717) is 13.0 Å². The van der Waals surface area contributed by atoms with Gasteiger partial charge in [0.25, 0.3) is 0 Å². The summed E-state index contributed by atoms with van der Waals surface area (Å²) in [6, 6.07) is 4.96. The van der Waals surface area contributed by atoms with Crippen molar-refractivity contribution < 1.29 is 18.3 Å². The van der Waals surface area contributed by atoms with Crippen LogP contribution in [0, 0.1) is 13.8 Å². The van der Waals surface area contributed by atoms with Crippen LogP contribution in [0.3, 0.4) is 0 Å². The number of ether oxygens (including phenoxy) is 1. The molecule has 0 saturated heterocycles. The second-order valence-corrected chi connectivity index (χ2v) is 7.08. The third kappa shape index (κ3) is 4.86. The maximum atomic E-state index is 12.2. The zero-order valence-electron chi connectivity index (χ0n) is 12.4. The highest BCUT2D eigenvalue weighted by atomic mass is 32.2. The van der Waals surface area contributed by atoms with Crippen LogP contribution in [-0.2, 0) is 14.8 Å². The fourth-order valence-corrected chi connectivity index (χ4v) is 2.87. The van der Waals surface area contributed by atoms with E-state index in [0.717, 1.165) is 11.1 Å². The predicted molar refractivity (Wildman–Crippen MR) is 78.2 cm³/mol. The lowest BCUT2D eigenvalue weighted by atomic mass is 10.0. The van der Waals surface area contributed by atoms with Crippen molar-refractivity contribution in [3.05, 3.63) is 29.3 Å². The van der Waals surface area contributed by atoms with Crippen molar-refractivity contribution in [3.63, 3.8) is 0 Å². The van der Waals surface area contributed by atoms with Crippen molar-refractivity contribution in [1.29, 1.82) is 0 Å². The third-order valence-electron chi connectivity index (χ3n) is 3.28. The Hall–Kier alpha value is -0.950. The minimum absolute atomic E-state index is 0.0500. The smallest absolute Gasteiger partial charge is 0.240 e. The van der Waals surface area contributed by atoms with Crippen LogP contribution in [0.25, 0.3) is 0 Å². The van der Waals surface area contributed by atoms with E-state index in [1.54, 1.807) is 25.1 Å². The molecule has 1 unspecified atom stereocenters. The zero-order chi connectivity index (χ0) is 15.4. The van der Waals surface area contributed by atoms with Crippen molar-refractivity contribution in [2.24, 2.45) is 0 Å². The molecular formula is C14H23NO4S. The maximum absolute atomic E-state index is 12.2. The van der Waals surface area contributed by atoms with Gasteiger partial charge in [-0.2, -0.15) is 0 Å². The van der Waals surface area contributed by atoms with Gasteiger partial charge in [0.2, 0.25) is 10.0 Å². The molecular weight excluding hydrogens is 278 g/mol. The fourth-order valence-electron chi connectivity index (χ4n) is 1.63. The molecule has 0 aromatic heterocycles. The SMILES string of the molecule is COCCC(C)(O)CNS(=O)(=O)c1ccc(C)c(C)c1. The Morgan fingerprint density at radius 2 is 1.95 bits per heavy atom. The second-order valence-electron chi connectivity index (χ2n) is 5.31. The Morgan fingerprint density at radius 3 is 2.50 bits per heavy atom. The molecule has 0 aliphatic heterocycles. The Balaban J connectivity index is 2.77. The van der Waals surface area contributed by atoms with Gasteiger partial charge in [-0.1, -0.05) is 6.07 Å². The Bertz CT molecular complexity index is 552. The Labute approximate surface area is 121 Å². The summed E-state index contributed by atoms with van der Waals surface area (Å²) in [4.78, 5) is 0.211. The first-order chi connectivity index (χ1) is 9.18. The molecule has 0 spiro atoms. The average Bonchev–Trinajstić information content (AvgIpc) is 2.37. The lowest BCUT2D eigenvalue weighted by Crippen LogP contribution is -2.41. The zero-order valence-corrected chi connectivity index (χ0v) is 13.3. The first-order valence-electron chi connectivity index (χ1n) is 6.46. The summed E-state index contributed by atoms with van der Waals surface area (Å²) in [5.74, 6) is 0. The van der Waals surface area contributed by atoms with Crippen LogP contribution in [0.1, 0.15) is 24.5 Å². The molecule has 1 atom stereocenters. The number of benzene rings is 1. The first kappa shape index (κ1) is 17.1. The van der Waals surface area contributed by atoms with Crippen molar-refractivity contribution in [2.45, 2.75) is 37.7 Å². The highest BCUT2D eigenvalue weighted by Gasteiger charge is 2.24. The molecule has 0 aliphatic carbocycles. The van der Waals surface area contributed by atoms with E-state index in [4.69, 9.17) is 4.74 Å². The van der Waals surface area contributed by atoms with Gasteiger partial charge in [0.1, 0.15) is 0 Å². The normalized spacial score (nSPS) is 15.1. The molecule has 6 heteroatoms. The Morgan fingerprint density at radius 1 is 1.30 bits per heavy atom. The topological polar surface area (TPSA) is 75.6 Å². The second kappa shape index (κ2) is 6.67. The van der Waals surface area contributed by atoms with Crippen LogP contribution >= 0.6 is 0 Å². The molecule has 20 heavy (non-hydrogen) atoms. The molecule has 1 aromatic carbocycles. The van der Waals surface area contributed by atoms with Crippen molar-refractivity contribution in [3.8, 4) is 0 Å². The summed E-state index contributed by atoms with van der Waals surface area (Å²) >= 11 is 0. The van der Waals surface area contributed by atoms with Gasteiger partial charge in [0.05, 0.1) is 10.5 Å². The van der Waals surface area contributed by atoms with Crippen molar-refractivity contribution in [2.75, 3.05) is 20.3 Å². The fraction of sp³-hybridized carbons (Fsp3) is 0.571. The van der Waals surface area contributed by atoms with Gasteiger partial charge in [0.15, 0.2) is 0 Å². The average molecular weight is 301 g/mol. The summed E-state index contributed by atoms with van der Waals surface area (Å²) in [7, 11) is -2.07. The quantitative estimate of drug-likeness (QED) is 0.797. The van der Waals surface area contributed by atoms with Crippen LogP contribution in [0.2, 0.25) is 0 Å². The van der Waals surface area contributed by atoms with E-state index in [1.807, 2.05) is 13.8 Å². The molecule has 114 valence electrons. The molecule has 0 bridgehead atoms. The Kier molecular flexibility index (Phi) is 5.70.